The van der Waals surface area contributed by atoms with Crippen molar-refractivity contribution in [1.82, 2.24) is 15.1 Å². The van der Waals surface area contributed by atoms with E-state index < -0.39 is 6.10 Å². The third kappa shape index (κ3) is 2.29. The highest BCUT2D eigenvalue weighted by Crippen LogP contribution is 2.15. The summed E-state index contributed by atoms with van der Waals surface area (Å²) in [7, 11) is 1.82. The summed E-state index contributed by atoms with van der Waals surface area (Å²) < 4.78 is 1.84. The van der Waals surface area contributed by atoms with Crippen LogP contribution >= 0.6 is 0 Å². The summed E-state index contributed by atoms with van der Waals surface area (Å²) in [5.41, 5.74) is 0.865. The van der Waals surface area contributed by atoms with Crippen molar-refractivity contribution in [3.05, 3.63) is 18.0 Å². The molecule has 0 saturated carbocycles. The van der Waals surface area contributed by atoms with Crippen LogP contribution in [0.15, 0.2) is 12.3 Å². The summed E-state index contributed by atoms with van der Waals surface area (Å²) in [5.74, 6) is 0. The molecule has 4 heteroatoms. The minimum atomic E-state index is -0.477. The molecule has 0 aliphatic heterocycles. The third-order valence-corrected chi connectivity index (χ3v) is 1.93. The summed E-state index contributed by atoms with van der Waals surface area (Å²) in [6.45, 7) is 4.64. The summed E-state index contributed by atoms with van der Waals surface area (Å²) >= 11 is 0. The van der Waals surface area contributed by atoms with Gasteiger partial charge in [-0.3, -0.25) is 4.68 Å². The molecule has 1 aromatic heterocycles. The van der Waals surface area contributed by atoms with Crippen LogP contribution in [0.2, 0.25) is 0 Å². The molecule has 0 aliphatic carbocycles. The smallest absolute Gasteiger partial charge is 0.108 e. The van der Waals surface area contributed by atoms with Gasteiger partial charge in [-0.2, -0.15) is 5.10 Å². The SMILES string of the molecule is CNCC(O)c1ccnn1C(C)C. The first-order valence-electron chi connectivity index (χ1n) is 4.53. The van der Waals surface area contributed by atoms with E-state index in [4.69, 9.17) is 0 Å². The lowest BCUT2D eigenvalue weighted by Gasteiger charge is -2.15. The zero-order chi connectivity index (χ0) is 9.84. The van der Waals surface area contributed by atoms with Gasteiger partial charge < -0.3 is 10.4 Å². The van der Waals surface area contributed by atoms with Gasteiger partial charge in [0.25, 0.3) is 0 Å². The Bertz CT molecular complexity index is 257. The minimum Gasteiger partial charge on any atom is -0.385 e. The quantitative estimate of drug-likeness (QED) is 0.723. The van der Waals surface area contributed by atoms with Crippen molar-refractivity contribution in [2.24, 2.45) is 0 Å². The van der Waals surface area contributed by atoms with E-state index >= 15 is 0 Å². The number of aromatic nitrogens is 2. The summed E-state index contributed by atoms with van der Waals surface area (Å²) in [4.78, 5) is 0. The van der Waals surface area contributed by atoms with Crippen molar-refractivity contribution in [3.63, 3.8) is 0 Å². The van der Waals surface area contributed by atoms with Gasteiger partial charge in [-0.15, -0.1) is 0 Å². The second-order valence-corrected chi connectivity index (χ2v) is 3.37. The monoisotopic (exact) mass is 183 g/mol. The molecule has 0 amide bonds. The van der Waals surface area contributed by atoms with Crippen LogP contribution in [-0.2, 0) is 0 Å². The topological polar surface area (TPSA) is 50.1 Å². The summed E-state index contributed by atoms with van der Waals surface area (Å²) in [5, 5.41) is 16.8. The van der Waals surface area contributed by atoms with Gasteiger partial charge in [0.15, 0.2) is 0 Å². The molecule has 0 fully saturated rings. The average Bonchev–Trinajstić information content (AvgIpc) is 2.52. The fourth-order valence-electron chi connectivity index (χ4n) is 1.32. The van der Waals surface area contributed by atoms with E-state index in [0.29, 0.717) is 6.54 Å². The van der Waals surface area contributed by atoms with Gasteiger partial charge in [-0.05, 0) is 27.0 Å². The van der Waals surface area contributed by atoms with Crippen LogP contribution < -0.4 is 5.32 Å². The molecule has 0 bridgehead atoms. The molecular weight excluding hydrogens is 166 g/mol. The molecule has 1 atom stereocenters. The molecule has 0 spiro atoms. The van der Waals surface area contributed by atoms with Gasteiger partial charge in [0.05, 0.1) is 5.69 Å². The Morgan fingerprint density at radius 1 is 1.62 bits per heavy atom. The Morgan fingerprint density at radius 3 is 2.85 bits per heavy atom. The first-order valence-corrected chi connectivity index (χ1v) is 4.53. The Kier molecular flexibility index (Phi) is 3.45. The normalized spacial score (nSPS) is 13.6. The number of hydrogen-bond acceptors (Lipinski definition) is 3. The van der Waals surface area contributed by atoms with Crippen LogP contribution in [-0.4, -0.2) is 28.5 Å². The molecule has 1 unspecified atom stereocenters. The second-order valence-electron chi connectivity index (χ2n) is 3.37. The van der Waals surface area contributed by atoms with Gasteiger partial charge in [-0.1, -0.05) is 0 Å². The Morgan fingerprint density at radius 2 is 2.31 bits per heavy atom. The van der Waals surface area contributed by atoms with Crippen LogP contribution in [0.25, 0.3) is 0 Å². The van der Waals surface area contributed by atoms with E-state index in [-0.39, 0.29) is 6.04 Å². The van der Waals surface area contributed by atoms with Crippen molar-refractivity contribution in [2.75, 3.05) is 13.6 Å². The molecule has 2 N–H and O–H groups in total. The molecule has 1 aromatic rings. The van der Waals surface area contributed by atoms with Gasteiger partial charge in [0, 0.05) is 18.8 Å². The first-order chi connectivity index (χ1) is 6.16. The fourth-order valence-corrected chi connectivity index (χ4v) is 1.32. The molecule has 0 saturated heterocycles. The molecule has 0 radical (unpaired) electrons. The highest BCUT2D eigenvalue weighted by atomic mass is 16.3. The number of aliphatic hydroxyl groups is 1. The van der Waals surface area contributed by atoms with Crippen LogP contribution in [0.5, 0.6) is 0 Å². The molecule has 74 valence electrons. The van der Waals surface area contributed by atoms with Crippen LogP contribution in [0, 0.1) is 0 Å². The first kappa shape index (κ1) is 10.2. The molecule has 13 heavy (non-hydrogen) atoms. The van der Waals surface area contributed by atoms with Gasteiger partial charge in [0.2, 0.25) is 0 Å². The Hall–Kier alpha value is -0.870. The highest BCUT2D eigenvalue weighted by molar-refractivity contribution is 5.05. The average molecular weight is 183 g/mol. The van der Waals surface area contributed by atoms with Gasteiger partial charge in [0.1, 0.15) is 6.10 Å². The molecule has 0 aliphatic rings. The van der Waals surface area contributed by atoms with Crippen molar-refractivity contribution < 1.29 is 5.11 Å². The van der Waals surface area contributed by atoms with Crippen LogP contribution in [0.1, 0.15) is 31.7 Å². The number of likely N-dealkylation sites (N-methyl/N-ethyl adjacent to an activating group) is 1. The predicted octanol–water partition coefficient (Wildman–Crippen LogP) is 0.717. The highest BCUT2D eigenvalue weighted by Gasteiger charge is 2.13. The lowest BCUT2D eigenvalue weighted by atomic mass is 10.2. The van der Waals surface area contributed by atoms with E-state index in [9.17, 15) is 5.11 Å². The van der Waals surface area contributed by atoms with E-state index in [2.05, 4.69) is 10.4 Å². The maximum absolute atomic E-state index is 9.72. The molecule has 1 rings (SSSR count). The molecule has 4 nitrogen and oxygen atoms in total. The van der Waals surface area contributed by atoms with Gasteiger partial charge in [-0.25, -0.2) is 0 Å². The van der Waals surface area contributed by atoms with E-state index in [1.807, 2.05) is 31.6 Å². The molecule has 0 aromatic carbocycles. The third-order valence-electron chi connectivity index (χ3n) is 1.93. The lowest BCUT2D eigenvalue weighted by Crippen LogP contribution is -2.20. The number of nitrogens with one attached hydrogen (secondary N) is 1. The number of rotatable bonds is 4. The van der Waals surface area contributed by atoms with Crippen molar-refractivity contribution >= 4 is 0 Å². The van der Waals surface area contributed by atoms with Crippen molar-refractivity contribution in [2.45, 2.75) is 26.0 Å². The van der Waals surface area contributed by atoms with Crippen molar-refractivity contribution in [1.29, 1.82) is 0 Å². The zero-order valence-electron chi connectivity index (χ0n) is 8.36. The summed E-state index contributed by atoms with van der Waals surface area (Å²) in [6, 6.07) is 2.14. The number of hydrogen-bond donors (Lipinski definition) is 2. The largest absolute Gasteiger partial charge is 0.385 e. The van der Waals surface area contributed by atoms with E-state index in [1.165, 1.54) is 0 Å². The molecular formula is C9H17N3O. The Labute approximate surface area is 78.6 Å². The molecule has 1 heterocycles. The number of aliphatic hydroxyl groups excluding tert-OH is 1. The zero-order valence-corrected chi connectivity index (χ0v) is 8.36. The van der Waals surface area contributed by atoms with E-state index in [0.717, 1.165) is 5.69 Å². The maximum Gasteiger partial charge on any atom is 0.108 e. The fraction of sp³-hybridized carbons (Fsp3) is 0.667. The second kappa shape index (κ2) is 4.39. The van der Waals surface area contributed by atoms with E-state index in [1.54, 1.807) is 6.20 Å². The predicted molar refractivity (Wildman–Crippen MR) is 51.5 cm³/mol. The minimum absolute atomic E-state index is 0.288. The van der Waals surface area contributed by atoms with Crippen LogP contribution in [0.4, 0.5) is 0 Å². The maximum atomic E-state index is 9.72. The number of nitrogens with zero attached hydrogens (tertiary/aromatic N) is 2. The van der Waals surface area contributed by atoms with Crippen LogP contribution in [0.3, 0.4) is 0 Å². The standard InChI is InChI=1S/C9H17N3O/c1-7(2)12-8(4-5-11-12)9(13)6-10-3/h4-5,7,9-10,13H,6H2,1-3H3. The lowest BCUT2D eigenvalue weighted by molar-refractivity contribution is 0.164. The van der Waals surface area contributed by atoms with Gasteiger partial charge >= 0.3 is 0 Å². The Balaban J connectivity index is 2.80. The summed E-state index contributed by atoms with van der Waals surface area (Å²) in [6.07, 6.45) is 1.24. The van der Waals surface area contributed by atoms with Crippen molar-refractivity contribution in [3.8, 4) is 0 Å².